The van der Waals surface area contributed by atoms with E-state index in [-0.39, 0.29) is 6.09 Å². The smallest absolute Gasteiger partial charge is 0.410 e. The molecule has 0 bridgehead atoms. The van der Waals surface area contributed by atoms with Gasteiger partial charge in [0.2, 0.25) is 0 Å². The molecule has 0 atom stereocenters. The molecule has 0 aromatic heterocycles. The van der Waals surface area contributed by atoms with Crippen LogP contribution in [0.25, 0.3) is 0 Å². The van der Waals surface area contributed by atoms with Gasteiger partial charge in [0.05, 0.1) is 26.9 Å². The normalized spacial score (nSPS) is 18.5. The Bertz CT molecular complexity index is 562. The molecule has 4 rings (SSSR count). The maximum atomic E-state index is 12.0. The molecule has 1 amide bonds. The van der Waals surface area contributed by atoms with Gasteiger partial charge in [-0.3, -0.25) is 0 Å². The van der Waals surface area contributed by atoms with E-state index >= 15 is 0 Å². The van der Waals surface area contributed by atoms with E-state index in [0.717, 1.165) is 42.7 Å². The lowest BCUT2D eigenvalue weighted by atomic mass is 9.99. The van der Waals surface area contributed by atoms with Gasteiger partial charge in [-0.15, -0.1) is 0 Å². The monoisotopic (exact) mass is 289 g/mol. The van der Waals surface area contributed by atoms with Crippen molar-refractivity contribution in [3.05, 3.63) is 22.8 Å². The number of hydrogen-bond donors (Lipinski definition) is 0. The first-order chi connectivity index (χ1) is 10.3. The molecule has 3 aliphatic rings. The summed E-state index contributed by atoms with van der Waals surface area (Å²) in [5, 5.41) is 0. The average Bonchev–Trinajstić information content (AvgIpc) is 3.03. The van der Waals surface area contributed by atoms with Gasteiger partial charge < -0.3 is 19.1 Å². The van der Waals surface area contributed by atoms with Crippen LogP contribution in [0.1, 0.15) is 29.5 Å². The van der Waals surface area contributed by atoms with Crippen molar-refractivity contribution in [2.24, 2.45) is 0 Å². The Balaban J connectivity index is 1.72. The van der Waals surface area contributed by atoms with Crippen LogP contribution in [-0.2, 0) is 24.1 Å². The van der Waals surface area contributed by atoms with Gasteiger partial charge in [-0.1, -0.05) is 0 Å². The molecular formula is C16H19NO4. The number of nitrogens with zero attached hydrogens (tertiary/aromatic N) is 1. The molecule has 5 nitrogen and oxygen atoms in total. The summed E-state index contributed by atoms with van der Waals surface area (Å²) >= 11 is 0. The molecule has 1 saturated carbocycles. The largest absolute Gasteiger partial charge is 0.493 e. The van der Waals surface area contributed by atoms with Crippen LogP contribution in [0.15, 0.2) is 6.07 Å². The summed E-state index contributed by atoms with van der Waals surface area (Å²) in [6.07, 6.45) is 3.68. The standard InChI is InChI=1S/C16H19NO4/c1-19-16(18)17(11-2-3-11)9-13-12-5-7-20-14(12)8-10-4-6-21-15(10)13/h8,11H,2-7,9H2,1H3. The van der Waals surface area contributed by atoms with Gasteiger partial charge in [0.1, 0.15) is 11.5 Å². The Morgan fingerprint density at radius 2 is 2.14 bits per heavy atom. The highest BCUT2D eigenvalue weighted by Crippen LogP contribution is 2.42. The fourth-order valence-electron chi connectivity index (χ4n) is 3.27. The van der Waals surface area contributed by atoms with Crippen LogP contribution in [0.2, 0.25) is 0 Å². The van der Waals surface area contributed by atoms with Gasteiger partial charge in [0, 0.05) is 35.6 Å². The molecule has 1 fully saturated rings. The van der Waals surface area contributed by atoms with Crippen LogP contribution in [-0.4, -0.2) is 37.4 Å². The SMILES string of the molecule is COC(=O)N(Cc1c2c(cc3c1OCC3)OCC2)C1CC1. The number of methoxy groups -OCH3 is 1. The van der Waals surface area contributed by atoms with Crippen LogP contribution >= 0.6 is 0 Å². The number of ether oxygens (including phenoxy) is 3. The van der Waals surface area contributed by atoms with Crippen LogP contribution in [0.5, 0.6) is 11.5 Å². The van der Waals surface area contributed by atoms with Crippen molar-refractivity contribution in [1.29, 1.82) is 0 Å². The van der Waals surface area contributed by atoms with Gasteiger partial charge in [0.25, 0.3) is 0 Å². The zero-order valence-electron chi connectivity index (χ0n) is 12.2. The molecule has 112 valence electrons. The van der Waals surface area contributed by atoms with Crippen LogP contribution < -0.4 is 9.47 Å². The van der Waals surface area contributed by atoms with E-state index in [1.165, 1.54) is 18.2 Å². The minimum Gasteiger partial charge on any atom is -0.493 e. The molecular weight excluding hydrogens is 270 g/mol. The van der Waals surface area contributed by atoms with Crippen molar-refractivity contribution in [3.63, 3.8) is 0 Å². The van der Waals surface area contributed by atoms with E-state index < -0.39 is 0 Å². The van der Waals surface area contributed by atoms with E-state index in [4.69, 9.17) is 14.2 Å². The number of rotatable bonds is 3. The lowest BCUT2D eigenvalue weighted by Crippen LogP contribution is -2.32. The van der Waals surface area contributed by atoms with E-state index in [2.05, 4.69) is 6.07 Å². The molecule has 0 radical (unpaired) electrons. The molecule has 1 aromatic rings. The van der Waals surface area contributed by atoms with Crippen LogP contribution in [0, 0.1) is 0 Å². The first kappa shape index (κ1) is 12.8. The van der Waals surface area contributed by atoms with Crippen molar-refractivity contribution in [1.82, 2.24) is 4.90 Å². The van der Waals surface area contributed by atoms with Crippen LogP contribution in [0.4, 0.5) is 4.79 Å². The Labute approximate surface area is 123 Å². The summed E-state index contributed by atoms with van der Waals surface area (Å²) in [7, 11) is 1.44. The lowest BCUT2D eigenvalue weighted by molar-refractivity contribution is 0.117. The summed E-state index contributed by atoms with van der Waals surface area (Å²) < 4.78 is 16.5. The number of fused-ring (bicyclic) bond motifs is 2. The highest BCUT2D eigenvalue weighted by atomic mass is 16.5. The molecule has 0 N–H and O–H groups in total. The molecule has 0 saturated heterocycles. The average molecular weight is 289 g/mol. The second kappa shape index (κ2) is 4.83. The molecule has 1 aromatic carbocycles. The fraction of sp³-hybridized carbons (Fsp3) is 0.562. The Hall–Kier alpha value is -1.91. The third-order valence-electron chi connectivity index (χ3n) is 4.49. The van der Waals surface area contributed by atoms with Crippen molar-refractivity contribution >= 4 is 6.09 Å². The number of carbonyl (C=O) groups excluding carboxylic acids is 1. The molecule has 21 heavy (non-hydrogen) atoms. The number of amides is 1. The quantitative estimate of drug-likeness (QED) is 0.856. The maximum Gasteiger partial charge on any atom is 0.410 e. The molecule has 1 aliphatic carbocycles. The lowest BCUT2D eigenvalue weighted by Gasteiger charge is -2.23. The van der Waals surface area contributed by atoms with Crippen LogP contribution in [0.3, 0.4) is 0 Å². The topological polar surface area (TPSA) is 48.0 Å². The summed E-state index contributed by atoms with van der Waals surface area (Å²) in [5.41, 5.74) is 3.52. The third-order valence-corrected chi connectivity index (χ3v) is 4.49. The Kier molecular flexibility index (Phi) is 2.94. The zero-order valence-corrected chi connectivity index (χ0v) is 12.2. The highest BCUT2D eigenvalue weighted by Gasteiger charge is 2.36. The predicted molar refractivity (Wildman–Crippen MR) is 75.8 cm³/mol. The minimum absolute atomic E-state index is 0.249. The molecule has 0 spiro atoms. The van der Waals surface area contributed by atoms with E-state index in [1.54, 1.807) is 0 Å². The van der Waals surface area contributed by atoms with E-state index in [9.17, 15) is 4.79 Å². The van der Waals surface area contributed by atoms with Crippen molar-refractivity contribution < 1.29 is 19.0 Å². The first-order valence-corrected chi connectivity index (χ1v) is 7.55. The third kappa shape index (κ3) is 2.11. The Morgan fingerprint density at radius 1 is 1.33 bits per heavy atom. The molecule has 0 unspecified atom stereocenters. The van der Waals surface area contributed by atoms with Gasteiger partial charge >= 0.3 is 6.09 Å². The predicted octanol–water partition coefficient (Wildman–Crippen LogP) is 2.29. The molecule has 2 aliphatic heterocycles. The van der Waals surface area contributed by atoms with Gasteiger partial charge in [-0.05, 0) is 18.9 Å². The molecule has 2 heterocycles. The van der Waals surface area contributed by atoms with E-state index in [1.807, 2.05) is 4.90 Å². The van der Waals surface area contributed by atoms with Gasteiger partial charge in [0.15, 0.2) is 0 Å². The maximum absolute atomic E-state index is 12.0. The second-order valence-electron chi connectivity index (χ2n) is 5.85. The number of hydrogen-bond acceptors (Lipinski definition) is 4. The van der Waals surface area contributed by atoms with Gasteiger partial charge in [-0.25, -0.2) is 4.79 Å². The highest BCUT2D eigenvalue weighted by molar-refractivity contribution is 5.69. The Morgan fingerprint density at radius 3 is 2.90 bits per heavy atom. The molecule has 5 heteroatoms. The minimum atomic E-state index is -0.249. The first-order valence-electron chi connectivity index (χ1n) is 7.55. The second-order valence-corrected chi connectivity index (χ2v) is 5.85. The van der Waals surface area contributed by atoms with Crippen molar-refractivity contribution in [2.75, 3.05) is 20.3 Å². The van der Waals surface area contributed by atoms with Gasteiger partial charge in [-0.2, -0.15) is 0 Å². The van der Waals surface area contributed by atoms with E-state index in [0.29, 0.717) is 25.8 Å². The fourth-order valence-corrected chi connectivity index (χ4v) is 3.27. The summed E-state index contributed by atoms with van der Waals surface area (Å²) in [6.45, 7) is 1.99. The zero-order chi connectivity index (χ0) is 14.4. The van der Waals surface area contributed by atoms with Crippen molar-refractivity contribution in [3.8, 4) is 11.5 Å². The summed E-state index contributed by atoms with van der Waals surface area (Å²) in [4.78, 5) is 13.9. The summed E-state index contributed by atoms with van der Waals surface area (Å²) in [6, 6.07) is 2.42. The number of carbonyl (C=O) groups is 1. The van der Waals surface area contributed by atoms with Crippen molar-refractivity contribution in [2.45, 2.75) is 38.3 Å². The number of benzene rings is 1. The summed E-state index contributed by atoms with van der Waals surface area (Å²) in [5.74, 6) is 1.93.